The van der Waals surface area contributed by atoms with Crippen molar-refractivity contribution in [3.8, 4) is 0 Å². The average molecular weight is 449 g/mol. The molecule has 7 nitrogen and oxygen atoms in total. The SMILES string of the molecule is CNc1nc(C2CCCCN2Cc2ccc3c(c2)CCCN3C)nc2c1CCN(C(C)=O)C2. The monoisotopic (exact) mass is 448 g/mol. The number of aryl methyl sites for hydroxylation is 1. The van der Waals surface area contributed by atoms with Crippen LogP contribution in [0, 0.1) is 0 Å². The first-order chi connectivity index (χ1) is 16.0. The van der Waals surface area contributed by atoms with E-state index in [0.717, 1.165) is 56.4 Å². The van der Waals surface area contributed by atoms with Gasteiger partial charge in [0.2, 0.25) is 5.91 Å². The van der Waals surface area contributed by atoms with Gasteiger partial charge in [-0.15, -0.1) is 0 Å². The smallest absolute Gasteiger partial charge is 0.219 e. The van der Waals surface area contributed by atoms with Crippen LogP contribution >= 0.6 is 0 Å². The van der Waals surface area contributed by atoms with Crippen LogP contribution in [0.15, 0.2) is 18.2 Å². The van der Waals surface area contributed by atoms with Crippen LogP contribution in [-0.4, -0.2) is 59.4 Å². The summed E-state index contributed by atoms with van der Waals surface area (Å²) in [7, 11) is 4.13. The van der Waals surface area contributed by atoms with Crippen LogP contribution in [0.3, 0.4) is 0 Å². The topological polar surface area (TPSA) is 64.6 Å². The minimum atomic E-state index is 0.115. The van der Waals surface area contributed by atoms with Crippen LogP contribution in [0.1, 0.15) is 66.9 Å². The fourth-order valence-electron chi connectivity index (χ4n) is 5.72. The molecule has 1 aromatic carbocycles. The molecule has 7 heteroatoms. The summed E-state index contributed by atoms with van der Waals surface area (Å²) in [6, 6.07) is 7.22. The van der Waals surface area contributed by atoms with E-state index in [9.17, 15) is 4.79 Å². The Labute approximate surface area is 197 Å². The summed E-state index contributed by atoms with van der Waals surface area (Å²) >= 11 is 0. The first-order valence-corrected chi connectivity index (χ1v) is 12.4. The Hall–Kier alpha value is -2.67. The third-order valence-electron chi connectivity index (χ3n) is 7.56. The lowest BCUT2D eigenvalue weighted by Crippen LogP contribution is -2.37. The van der Waals surface area contributed by atoms with Gasteiger partial charge in [0.15, 0.2) is 0 Å². The van der Waals surface area contributed by atoms with Crippen molar-refractivity contribution in [3.05, 3.63) is 46.4 Å². The number of anilines is 2. The normalized spacial score (nSPS) is 20.9. The molecule has 1 saturated heterocycles. The highest BCUT2D eigenvalue weighted by atomic mass is 16.2. The summed E-state index contributed by atoms with van der Waals surface area (Å²) in [6.07, 6.45) is 6.70. The maximum absolute atomic E-state index is 12.0. The second-order valence-corrected chi connectivity index (χ2v) is 9.77. The molecule has 176 valence electrons. The molecule has 1 fully saturated rings. The summed E-state index contributed by atoms with van der Waals surface area (Å²) in [5, 5.41) is 3.30. The lowest BCUT2D eigenvalue weighted by molar-refractivity contribution is -0.129. The highest BCUT2D eigenvalue weighted by Crippen LogP contribution is 2.34. The maximum atomic E-state index is 12.0. The Morgan fingerprint density at radius 2 is 2.00 bits per heavy atom. The Kier molecular flexibility index (Phi) is 6.23. The molecule has 4 heterocycles. The fraction of sp³-hybridized carbons (Fsp3) is 0.577. The molecular formula is C26H36N6O. The van der Waals surface area contributed by atoms with E-state index in [1.807, 2.05) is 11.9 Å². The summed E-state index contributed by atoms with van der Waals surface area (Å²) in [5.74, 6) is 1.95. The number of hydrogen-bond acceptors (Lipinski definition) is 6. The van der Waals surface area contributed by atoms with Gasteiger partial charge in [0.25, 0.3) is 0 Å². The summed E-state index contributed by atoms with van der Waals surface area (Å²) in [4.78, 5) is 28.9. The zero-order chi connectivity index (χ0) is 22.9. The number of nitrogens with one attached hydrogen (secondary N) is 1. The number of rotatable bonds is 4. The number of likely N-dealkylation sites (tertiary alicyclic amines) is 1. The van der Waals surface area contributed by atoms with Crippen molar-refractivity contribution in [2.45, 2.75) is 64.6 Å². The van der Waals surface area contributed by atoms with E-state index in [1.54, 1.807) is 6.92 Å². The second kappa shape index (κ2) is 9.29. The molecule has 3 aliphatic rings. The molecule has 33 heavy (non-hydrogen) atoms. The fourth-order valence-corrected chi connectivity index (χ4v) is 5.72. The van der Waals surface area contributed by atoms with Gasteiger partial charge in [-0.2, -0.15) is 0 Å². The van der Waals surface area contributed by atoms with E-state index in [4.69, 9.17) is 9.97 Å². The van der Waals surface area contributed by atoms with Gasteiger partial charge in [-0.25, -0.2) is 9.97 Å². The van der Waals surface area contributed by atoms with Crippen molar-refractivity contribution < 1.29 is 4.79 Å². The van der Waals surface area contributed by atoms with E-state index >= 15 is 0 Å². The van der Waals surface area contributed by atoms with Gasteiger partial charge in [-0.1, -0.05) is 18.6 Å². The van der Waals surface area contributed by atoms with Crippen molar-refractivity contribution >= 4 is 17.4 Å². The van der Waals surface area contributed by atoms with Crippen molar-refractivity contribution in [1.82, 2.24) is 19.8 Å². The van der Waals surface area contributed by atoms with Gasteiger partial charge in [-0.3, -0.25) is 9.69 Å². The van der Waals surface area contributed by atoms with Gasteiger partial charge < -0.3 is 15.1 Å². The average Bonchev–Trinajstić information content (AvgIpc) is 2.83. The molecule has 0 saturated carbocycles. The molecule has 1 N–H and O–H groups in total. The number of piperidine rings is 1. The van der Waals surface area contributed by atoms with Crippen molar-refractivity contribution in [2.75, 3.05) is 43.9 Å². The lowest BCUT2D eigenvalue weighted by atomic mass is 9.97. The molecule has 0 aliphatic carbocycles. The molecule has 1 unspecified atom stereocenters. The minimum Gasteiger partial charge on any atom is -0.374 e. The van der Waals surface area contributed by atoms with Crippen LogP contribution in [0.25, 0.3) is 0 Å². The van der Waals surface area contributed by atoms with Crippen molar-refractivity contribution in [3.63, 3.8) is 0 Å². The largest absolute Gasteiger partial charge is 0.374 e. The molecule has 0 radical (unpaired) electrons. The van der Waals surface area contributed by atoms with Crippen LogP contribution in [0.5, 0.6) is 0 Å². The predicted molar refractivity (Wildman–Crippen MR) is 131 cm³/mol. The highest BCUT2D eigenvalue weighted by Gasteiger charge is 2.30. The predicted octanol–water partition coefficient (Wildman–Crippen LogP) is 3.53. The summed E-state index contributed by atoms with van der Waals surface area (Å²) < 4.78 is 0. The number of amides is 1. The minimum absolute atomic E-state index is 0.115. The Bertz CT molecular complexity index is 1040. The van der Waals surface area contributed by atoms with Crippen molar-refractivity contribution in [2.24, 2.45) is 0 Å². The zero-order valence-electron chi connectivity index (χ0n) is 20.2. The van der Waals surface area contributed by atoms with E-state index in [-0.39, 0.29) is 11.9 Å². The molecule has 1 atom stereocenters. The number of benzene rings is 1. The first kappa shape index (κ1) is 22.1. The molecule has 1 amide bonds. The van der Waals surface area contributed by atoms with E-state index < -0.39 is 0 Å². The molecular weight excluding hydrogens is 412 g/mol. The lowest BCUT2D eigenvalue weighted by Gasteiger charge is -2.36. The van der Waals surface area contributed by atoms with Crippen LogP contribution in [-0.2, 0) is 30.7 Å². The summed E-state index contributed by atoms with van der Waals surface area (Å²) in [5.41, 5.74) is 6.41. The second-order valence-electron chi connectivity index (χ2n) is 9.77. The van der Waals surface area contributed by atoms with Gasteiger partial charge in [-0.05, 0) is 55.8 Å². The number of nitrogens with zero attached hydrogens (tertiary/aromatic N) is 5. The van der Waals surface area contributed by atoms with Crippen LogP contribution in [0.4, 0.5) is 11.5 Å². The number of carbonyl (C=O) groups excluding carboxylic acids is 1. The van der Waals surface area contributed by atoms with E-state index in [0.29, 0.717) is 6.54 Å². The van der Waals surface area contributed by atoms with Gasteiger partial charge in [0.1, 0.15) is 11.6 Å². The number of aromatic nitrogens is 2. The van der Waals surface area contributed by atoms with E-state index in [1.165, 1.54) is 48.1 Å². The third-order valence-corrected chi connectivity index (χ3v) is 7.56. The third kappa shape index (κ3) is 4.43. The Morgan fingerprint density at radius 1 is 1.12 bits per heavy atom. The van der Waals surface area contributed by atoms with Crippen molar-refractivity contribution in [1.29, 1.82) is 0 Å². The van der Waals surface area contributed by atoms with E-state index in [2.05, 4.69) is 40.4 Å². The Balaban J connectivity index is 1.42. The number of hydrogen-bond donors (Lipinski definition) is 1. The van der Waals surface area contributed by atoms with Gasteiger partial charge in [0, 0.05) is 51.9 Å². The molecule has 0 bridgehead atoms. The van der Waals surface area contributed by atoms with Gasteiger partial charge >= 0.3 is 0 Å². The molecule has 1 aromatic heterocycles. The van der Waals surface area contributed by atoms with Crippen LogP contribution < -0.4 is 10.2 Å². The van der Waals surface area contributed by atoms with Gasteiger partial charge in [0.05, 0.1) is 18.3 Å². The highest BCUT2D eigenvalue weighted by molar-refractivity contribution is 5.73. The maximum Gasteiger partial charge on any atom is 0.219 e. The number of fused-ring (bicyclic) bond motifs is 2. The molecule has 3 aliphatic heterocycles. The summed E-state index contributed by atoms with van der Waals surface area (Å²) in [6.45, 7) is 6.10. The quantitative estimate of drug-likeness (QED) is 0.772. The molecule has 0 spiro atoms. The molecule has 2 aromatic rings. The number of carbonyl (C=O) groups is 1. The molecule has 5 rings (SSSR count). The zero-order valence-corrected chi connectivity index (χ0v) is 20.2. The Morgan fingerprint density at radius 3 is 2.82 bits per heavy atom. The first-order valence-electron chi connectivity index (χ1n) is 12.4. The standard InChI is InChI=1S/C26H36N6O/c1-18(33)31-14-11-21-22(17-31)28-26(29-25(21)27-2)24-8-4-5-13-32(24)16-19-9-10-23-20(15-19)7-6-12-30(23)3/h9-10,15,24H,4-8,11-14,16-17H2,1-3H3,(H,27,28,29). The van der Waals surface area contributed by atoms with Crippen LogP contribution in [0.2, 0.25) is 0 Å².